The predicted molar refractivity (Wildman–Crippen MR) is 62.6 cm³/mol. The summed E-state index contributed by atoms with van der Waals surface area (Å²) < 4.78 is 17.1. The fraction of sp³-hybridized carbons (Fsp3) is 1.00. The van der Waals surface area contributed by atoms with Gasteiger partial charge in [0.2, 0.25) is 0 Å². The fourth-order valence-electron chi connectivity index (χ4n) is 1.02. The first-order valence-corrected chi connectivity index (χ1v) is 8.51. The Kier molecular flexibility index (Phi) is 36.9. The molecule has 0 N–H and O–H groups in total. The zero-order valence-electron chi connectivity index (χ0n) is 12.2. The SMILES string of the molecule is CCCC[O][Ti+3]([O]CCCC)[O]CCCC.[Cl-].[Cl-].[Cl-]. The van der Waals surface area contributed by atoms with Crippen molar-refractivity contribution < 1.29 is 66.2 Å². The maximum absolute atomic E-state index is 5.70. The van der Waals surface area contributed by atoms with Gasteiger partial charge in [0.25, 0.3) is 0 Å². The van der Waals surface area contributed by atoms with Gasteiger partial charge in [-0.05, 0) is 0 Å². The second-order valence-electron chi connectivity index (χ2n) is 3.86. The molecule has 0 bridgehead atoms. The van der Waals surface area contributed by atoms with Crippen molar-refractivity contribution in [3.8, 4) is 0 Å². The minimum absolute atomic E-state index is 0. The standard InChI is InChI=1S/3C4H9O.3ClH.Ti/c3*1-2-3-4-5;;;;/h3*2-4H2,1H3;3*1H;/q3*-1;;;;+6/p-3. The van der Waals surface area contributed by atoms with Gasteiger partial charge in [-0.1, -0.05) is 0 Å². The number of rotatable bonds is 12. The van der Waals surface area contributed by atoms with Crippen molar-refractivity contribution in [3.63, 3.8) is 0 Å². The monoisotopic (exact) mass is 372 g/mol. The number of halogens is 3. The van der Waals surface area contributed by atoms with E-state index in [4.69, 9.17) is 9.96 Å². The molecule has 0 saturated heterocycles. The van der Waals surface area contributed by atoms with E-state index in [2.05, 4.69) is 20.8 Å². The first-order chi connectivity index (χ1) is 7.85. The zero-order chi connectivity index (χ0) is 12.1. The fourth-order valence-corrected chi connectivity index (χ4v) is 2.87. The van der Waals surface area contributed by atoms with Gasteiger partial charge in [0.1, 0.15) is 0 Å². The summed E-state index contributed by atoms with van der Waals surface area (Å²) in [4.78, 5) is 0. The average molecular weight is 374 g/mol. The Hall–Kier alpha value is 1.46. The van der Waals surface area contributed by atoms with Crippen LogP contribution in [0.3, 0.4) is 0 Å². The third-order valence-electron chi connectivity index (χ3n) is 2.15. The summed E-state index contributed by atoms with van der Waals surface area (Å²) >= 11 is -2.10. The van der Waals surface area contributed by atoms with E-state index in [1.54, 1.807) is 0 Å². The molecule has 118 valence electrons. The van der Waals surface area contributed by atoms with Crippen LogP contribution < -0.4 is 37.2 Å². The second-order valence-corrected chi connectivity index (χ2v) is 5.99. The normalized spacial score (nSPS) is 8.53. The Morgan fingerprint density at radius 3 is 1.05 bits per heavy atom. The Morgan fingerprint density at radius 1 is 0.579 bits per heavy atom. The molecule has 0 aliphatic carbocycles. The molecule has 0 atom stereocenters. The van der Waals surface area contributed by atoms with E-state index in [1.807, 2.05) is 0 Å². The molecular weight excluding hydrogens is 346 g/mol. The summed E-state index contributed by atoms with van der Waals surface area (Å²) in [5, 5.41) is 0. The van der Waals surface area contributed by atoms with Crippen LogP contribution in [-0.2, 0) is 29.0 Å². The van der Waals surface area contributed by atoms with Crippen molar-refractivity contribution in [1.29, 1.82) is 0 Å². The van der Waals surface area contributed by atoms with Crippen LogP contribution in [0.25, 0.3) is 0 Å². The van der Waals surface area contributed by atoms with E-state index < -0.39 is 19.0 Å². The van der Waals surface area contributed by atoms with Gasteiger partial charge in [-0.15, -0.1) is 0 Å². The van der Waals surface area contributed by atoms with Crippen molar-refractivity contribution in [3.05, 3.63) is 0 Å². The molecule has 0 heterocycles. The van der Waals surface area contributed by atoms with Crippen LogP contribution >= 0.6 is 0 Å². The zero-order valence-corrected chi connectivity index (χ0v) is 16.1. The Labute approximate surface area is 145 Å². The van der Waals surface area contributed by atoms with Crippen LogP contribution in [0.4, 0.5) is 0 Å². The molecule has 0 amide bonds. The largest absolute Gasteiger partial charge is 1.00 e. The topological polar surface area (TPSA) is 27.7 Å². The van der Waals surface area contributed by atoms with Crippen LogP contribution in [0.15, 0.2) is 0 Å². The van der Waals surface area contributed by atoms with E-state index in [0.717, 1.165) is 58.3 Å². The molecule has 0 fully saturated rings. The summed E-state index contributed by atoms with van der Waals surface area (Å²) in [6.45, 7) is 8.88. The molecule has 0 saturated carbocycles. The summed E-state index contributed by atoms with van der Waals surface area (Å²) in [6, 6.07) is 0. The first-order valence-electron chi connectivity index (χ1n) is 6.60. The molecule has 0 rings (SSSR count). The van der Waals surface area contributed by atoms with Gasteiger partial charge in [-0.25, -0.2) is 0 Å². The van der Waals surface area contributed by atoms with Gasteiger partial charge in [0.15, 0.2) is 0 Å². The maximum atomic E-state index is 5.70. The summed E-state index contributed by atoms with van der Waals surface area (Å²) in [5.41, 5.74) is 0. The Morgan fingerprint density at radius 2 is 0.842 bits per heavy atom. The van der Waals surface area contributed by atoms with Gasteiger partial charge in [-0.3, -0.25) is 0 Å². The van der Waals surface area contributed by atoms with Crippen molar-refractivity contribution in [2.75, 3.05) is 19.8 Å². The molecule has 0 aliphatic rings. The minimum atomic E-state index is -2.10. The van der Waals surface area contributed by atoms with E-state index in [1.165, 1.54) is 0 Å². The van der Waals surface area contributed by atoms with Gasteiger partial charge in [0, 0.05) is 0 Å². The molecule has 0 aliphatic heterocycles. The number of unbranched alkanes of at least 4 members (excludes halogenated alkanes) is 3. The van der Waals surface area contributed by atoms with Crippen LogP contribution in [0.2, 0.25) is 0 Å². The van der Waals surface area contributed by atoms with E-state index in [0.29, 0.717) is 0 Å². The molecule has 0 unspecified atom stereocenters. The van der Waals surface area contributed by atoms with E-state index >= 15 is 0 Å². The third kappa shape index (κ3) is 21.9. The molecule has 0 aromatic carbocycles. The molecule has 19 heavy (non-hydrogen) atoms. The molecule has 3 nitrogen and oxygen atoms in total. The van der Waals surface area contributed by atoms with Gasteiger partial charge >= 0.3 is 108 Å². The van der Waals surface area contributed by atoms with Gasteiger partial charge < -0.3 is 37.2 Å². The molecule has 0 radical (unpaired) electrons. The maximum Gasteiger partial charge on any atom is -1.00 e. The predicted octanol–water partition coefficient (Wildman–Crippen LogP) is -5.19. The average Bonchev–Trinajstić information content (AvgIpc) is 2.29. The summed E-state index contributed by atoms with van der Waals surface area (Å²) in [5.74, 6) is 0. The Balaban J connectivity index is -0.000000375. The van der Waals surface area contributed by atoms with Crippen LogP contribution in [-0.4, -0.2) is 19.8 Å². The van der Waals surface area contributed by atoms with Crippen molar-refractivity contribution in [2.45, 2.75) is 59.3 Å². The van der Waals surface area contributed by atoms with Crippen molar-refractivity contribution in [1.82, 2.24) is 0 Å². The Bertz CT molecular complexity index is 122. The van der Waals surface area contributed by atoms with Crippen LogP contribution in [0.1, 0.15) is 59.3 Å². The summed E-state index contributed by atoms with van der Waals surface area (Å²) in [6.07, 6.45) is 6.79. The van der Waals surface area contributed by atoms with Gasteiger partial charge in [0.05, 0.1) is 0 Å². The smallest absolute Gasteiger partial charge is 1.00 e. The molecule has 7 heteroatoms. The molecule has 0 aromatic rings. The van der Waals surface area contributed by atoms with E-state index in [9.17, 15) is 0 Å². The van der Waals surface area contributed by atoms with Gasteiger partial charge in [-0.2, -0.15) is 0 Å². The quantitative estimate of drug-likeness (QED) is 0.253. The van der Waals surface area contributed by atoms with Crippen molar-refractivity contribution in [2.24, 2.45) is 0 Å². The first kappa shape index (κ1) is 28.6. The van der Waals surface area contributed by atoms with E-state index in [-0.39, 0.29) is 37.2 Å². The third-order valence-corrected chi connectivity index (χ3v) is 4.21. The number of hydrogen-bond donors (Lipinski definition) is 0. The molecular formula is C12H27Cl3O3Ti. The van der Waals surface area contributed by atoms with Crippen molar-refractivity contribution >= 4 is 0 Å². The summed E-state index contributed by atoms with van der Waals surface area (Å²) in [7, 11) is 0. The molecule has 0 aromatic heterocycles. The second kappa shape index (κ2) is 24.5. The minimum Gasteiger partial charge on any atom is -1.00 e. The van der Waals surface area contributed by atoms with Crippen LogP contribution in [0.5, 0.6) is 0 Å². The van der Waals surface area contributed by atoms with Crippen LogP contribution in [0, 0.1) is 0 Å². The number of hydrogen-bond acceptors (Lipinski definition) is 3. The molecule has 0 spiro atoms.